The SMILES string of the molecule is CCNC1CCC(C)(c2c(F)ccc(Br)c2F)C1. The van der Waals surface area contributed by atoms with Gasteiger partial charge in [0.2, 0.25) is 0 Å². The van der Waals surface area contributed by atoms with Gasteiger partial charge in [-0.25, -0.2) is 8.78 Å². The van der Waals surface area contributed by atoms with Crippen LogP contribution in [-0.2, 0) is 5.41 Å². The fraction of sp³-hybridized carbons (Fsp3) is 0.571. The molecule has 1 N–H and O–H groups in total. The van der Waals surface area contributed by atoms with Crippen molar-refractivity contribution in [3.05, 3.63) is 33.8 Å². The summed E-state index contributed by atoms with van der Waals surface area (Å²) in [5.74, 6) is -0.884. The van der Waals surface area contributed by atoms with E-state index in [0.29, 0.717) is 10.5 Å². The highest BCUT2D eigenvalue weighted by atomic mass is 79.9. The van der Waals surface area contributed by atoms with Crippen LogP contribution in [0.3, 0.4) is 0 Å². The Hall–Kier alpha value is -0.480. The lowest BCUT2D eigenvalue weighted by molar-refractivity contribution is 0.409. The lowest BCUT2D eigenvalue weighted by Gasteiger charge is -2.26. The molecule has 0 radical (unpaired) electrons. The van der Waals surface area contributed by atoms with Gasteiger partial charge in [0.25, 0.3) is 0 Å². The van der Waals surface area contributed by atoms with Crippen LogP contribution in [0.5, 0.6) is 0 Å². The first-order valence-corrected chi connectivity index (χ1v) is 7.14. The fourth-order valence-electron chi connectivity index (χ4n) is 3.01. The second-order valence-electron chi connectivity index (χ2n) is 5.28. The summed E-state index contributed by atoms with van der Waals surface area (Å²) in [5.41, 5.74) is -0.178. The summed E-state index contributed by atoms with van der Waals surface area (Å²) in [7, 11) is 0. The normalized spacial score (nSPS) is 27.7. The van der Waals surface area contributed by atoms with Gasteiger partial charge in [0.05, 0.1) is 4.47 Å². The minimum atomic E-state index is -0.449. The lowest BCUT2D eigenvalue weighted by atomic mass is 9.80. The highest BCUT2D eigenvalue weighted by molar-refractivity contribution is 9.10. The average Bonchev–Trinajstić information content (AvgIpc) is 2.67. The quantitative estimate of drug-likeness (QED) is 0.826. The highest BCUT2D eigenvalue weighted by Gasteiger charge is 2.40. The molecule has 1 nitrogen and oxygen atoms in total. The molecule has 4 heteroatoms. The summed E-state index contributed by atoms with van der Waals surface area (Å²) >= 11 is 3.14. The highest BCUT2D eigenvalue weighted by Crippen LogP contribution is 2.44. The average molecular weight is 318 g/mol. The molecule has 1 aromatic rings. The molecule has 1 aliphatic carbocycles. The fourth-order valence-corrected chi connectivity index (χ4v) is 3.34. The van der Waals surface area contributed by atoms with E-state index < -0.39 is 17.0 Å². The smallest absolute Gasteiger partial charge is 0.144 e. The molecule has 18 heavy (non-hydrogen) atoms. The van der Waals surface area contributed by atoms with Crippen molar-refractivity contribution < 1.29 is 8.78 Å². The molecule has 0 spiro atoms. The Morgan fingerprint density at radius 1 is 1.44 bits per heavy atom. The Morgan fingerprint density at radius 3 is 2.83 bits per heavy atom. The standard InChI is InChI=1S/C14H18BrF2N/c1-3-18-9-6-7-14(2,8-9)12-11(16)5-4-10(15)13(12)17/h4-5,9,18H,3,6-8H2,1-2H3. The van der Waals surface area contributed by atoms with Gasteiger partial charge in [-0.2, -0.15) is 0 Å². The van der Waals surface area contributed by atoms with Crippen molar-refractivity contribution in [3.8, 4) is 0 Å². The van der Waals surface area contributed by atoms with Crippen LogP contribution in [0, 0.1) is 11.6 Å². The largest absolute Gasteiger partial charge is 0.314 e. The molecule has 0 heterocycles. The van der Waals surface area contributed by atoms with Gasteiger partial charge in [-0.05, 0) is 59.3 Å². The second kappa shape index (κ2) is 5.25. The van der Waals surface area contributed by atoms with Crippen molar-refractivity contribution in [1.29, 1.82) is 0 Å². The minimum Gasteiger partial charge on any atom is -0.314 e. The maximum Gasteiger partial charge on any atom is 0.144 e. The summed E-state index contributed by atoms with van der Waals surface area (Å²) in [6.07, 6.45) is 2.57. The molecule has 2 atom stereocenters. The van der Waals surface area contributed by atoms with Crippen molar-refractivity contribution in [3.63, 3.8) is 0 Å². The lowest BCUT2D eigenvalue weighted by Crippen LogP contribution is -2.29. The third-order valence-electron chi connectivity index (χ3n) is 3.88. The van der Waals surface area contributed by atoms with Gasteiger partial charge in [-0.15, -0.1) is 0 Å². The Bertz CT molecular complexity index is 450. The van der Waals surface area contributed by atoms with Crippen LogP contribution in [0.4, 0.5) is 8.78 Å². The topological polar surface area (TPSA) is 12.0 Å². The zero-order valence-electron chi connectivity index (χ0n) is 10.7. The summed E-state index contributed by atoms with van der Waals surface area (Å²) < 4.78 is 28.5. The van der Waals surface area contributed by atoms with E-state index in [1.165, 1.54) is 12.1 Å². The number of benzene rings is 1. The maximum atomic E-state index is 14.2. The molecule has 0 bridgehead atoms. The van der Waals surface area contributed by atoms with E-state index in [-0.39, 0.29) is 5.56 Å². The van der Waals surface area contributed by atoms with Crippen LogP contribution in [0.1, 0.15) is 38.7 Å². The van der Waals surface area contributed by atoms with Gasteiger partial charge in [0.15, 0.2) is 0 Å². The van der Waals surface area contributed by atoms with Crippen LogP contribution >= 0.6 is 15.9 Å². The zero-order valence-corrected chi connectivity index (χ0v) is 12.3. The molecule has 0 aliphatic heterocycles. The summed E-state index contributed by atoms with van der Waals surface area (Å²) in [5, 5.41) is 3.37. The number of hydrogen-bond acceptors (Lipinski definition) is 1. The molecular weight excluding hydrogens is 300 g/mol. The van der Waals surface area contributed by atoms with E-state index in [2.05, 4.69) is 28.2 Å². The van der Waals surface area contributed by atoms with Crippen LogP contribution in [-0.4, -0.2) is 12.6 Å². The summed E-state index contributed by atoms with van der Waals surface area (Å²) in [4.78, 5) is 0. The zero-order chi connectivity index (χ0) is 13.3. The van der Waals surface area contributed by atoms with Crippen molar-refractivity contribution in [2.75, 3.05) is 6.54 Å². The first-order chi connectivity index (χ1) is 8.48. The van der Waals surface area contributed by atoms with Crippen LogP contribution in [0.25, 0.3) is 0 Å². The molecule has 2 rings (SSSR count). The second-order valence-corrected chi connectivity index (χ2v) is 6.13. The van der Waals surface area contributed by atoms with Gasteiger partial charge in [-0.3, -0.25) is 0 Å². The van der Waals surface area contributed by atoms with Gasteiger partial charge < -0.3 is 5.32 Å². The van der Waals surface area contributed by atoms with Crippen molar-refractivity contribution in [2.45, 2.75) is 44.6 Å². The molecule has 1 fully saturated rings. The maximum absolute atomic E-state index is 14.2. The molecule has 1 aromatic carbocycles. The van der Waals surface area contributed by atoms with Gasteiger partial charge >= 0.3 is 0 Å². The molecule has 0 saturated heterocycles. The third kappa shape index (κ3) is 2.45. The van der Waals surface area contributed by atoms with E-state index in [4.69, 9.17) is 0 Å². The summed E-state index contributed by atoms with van der Waals surface area (Å²) in [6.45, 7) is 4.90. The van der Waals surface area contributed by atoms with E-state index in [1.54, 1.807) is 0 Å². The Labute approximate surface area is 115 Å². The predicted octanol–water partition coefficient (Wildman–Crippen LogP) is 4.15. The Balaban J connectivity index is 2.34. The van der Waals surface area contributed by atoms with Crippen molar-refractivity contribution >= 4 is 15.9 Å². The molecular formula is C14H18BrF2N. The van der Waals surface area contributed by atoms with Crippen LogP contribution in [0.2, 0.25) is 0 Å². The van der Waals surface area contributed by atoms with E-state index in [9.17, 15) is 8.78 Å². The third-order valence-corrected chi connectivity index (χ3v) is 4.49. The molecule has 0 amide bonds. The first kappa shape index (κ1) is 13.9. The number of hydrogen-bond donors (Lipinski definition) is 1. The Kier molecular flexibility index (Phi) is 4.07. The molecule has 0 aromatic heterocycles. The van der Waals surface area contributed by atoms with Gasteiger partial charge in [-0.1, -0.05) is 13.8 Å². The number of rotatable bonds is 3. The van der Waals surface area contributed by atoms with E-state index in [0.717, 1.165) is 25.8 Å². The van der Waals surface area contributed by atoms with Gasteiger partial charge in [0, 0.05) is 11.6 Å². The number of nitrogens with one attached hydrogen (secondary N) is 1. The molecule has 1 aliphatic rings. The van der Waals surface area contributed by atoms with Crippen molar-refractivity contribution in [1.82, 2.24) is 5.32 Å². The number of halogens is 3. The van der Waals surface area contributed by atoms with E-state index in [1.807, 2.05) is 6.92 Å². The first-order valence-electron chi connectivity index (χ1n) is 6.35. The molecule has 2 unspecified atom stereocenters. The van der Waals surface area contributed by atoms with Crippen LogP contribution < -0.4 is 5.32 Å². The molecule has 1 saturated carbocycles. The van der Waals surface area contributed by atoms with Crippen LogP contribution in [0.15, 0.2) is 16.6 Å². The minimum absolute atomic E-state index is 0.234. The van der Waals surface area contributed by atoms with Crippen molar-refractivity contribution in [2.24, 2.45) is 0 Å². The monoisotopic (exact) mass is 317 g/mol. The summed E-state index contributed by atoms with van der Waals surface area (Å²) in [6, 6.07) is 3.13. The predicted molar refractivity (Wildman–Crippen MR) is 72.7 cm³/mol. The van der Waals surface area contributed by atoms with Gasteiger partial charge in [0.1, 0.15) is 11.6 Å². The Morgan fingerprint density at radius 2 is 2.17 bits per heavy atom. The van der Waals surface area contributed by atoms with E-state index >= 15 is 0 Å². The molecule has 100 valence electrons.